The molecule has 1 heterocycles. The summed E-state index contributed by atoms with van der Waals surface area (Å²) in [4.78, 5) is 0. The number of aryl methyl sites for hydroxylation is 1. The molecule has 2 heteroatoms. The topological polar surface area (TPSA) is 17.0 Å². The van der Waals surface area contributed by atoms with E-state index in [0.29, 0.717) is 6.04 Å². The first-order valence-corrected chi connectivity index (χ1v) is 5.71. The Morgan fingerprint density at radius 1 is 1.60 bits per heavy atom. The second-order valence-corrected chi connectivity index (χ2v) is 4.04. The maximum Gasteiger partial charge on any atom is 0.0223 e. The second kappa shape index (κ2) is 6.46. The fourth-order valence-electron chi connectivity index (χ4n) is 1.70. The smallest absolute Gasteiger partial charge is 0.0223 e. The number of rotatable bonds is 7. The SMILES string of the molecule is C=CCCC(CC)NCc1ccn(C)c1. The standard InChI is InChI=1S/C13H22N2/c1-4-6-7-13(5-2)14-10-12-8-9-15(3)11-12/h4,8-9,11,13-14H,1,5-7,10H2,2-3H3. The van der Waals surface area contributed by atoms with Gasteiger partial charge in [0.2, 0.25) is 0 Å². The van der Waals surface area contributed by atoms with Gasteiger partial charge in [-0.25, -0.2) is 0 Å². The van der Waals surface area contributed by atoms with E-state index in [-0.39, 0.29) is 0 Å². The van der Waals surface area contributed by atoms with E-state index in [9.17, 15) is 0 Å². The van der Waals surface area contributed by atoms with Crippen LogP contribution < -0.4 is 5.32 Å². The molecule has 0 amide bonds. The second-order valence-electron chi connectivity index (χ2n) is 4.04. The molecule has 0 aromatic carbocycles. The lowest BCUT2D eigenvalue weighted by Crippen LogP contribution is -2.27. The van der Waals surface area contributed by atoms with Crippen LogP contribution >= 0.6 is 0 Å². The Labute approximate surface area is 93.0 Å². The molecular formula is C13H22N2. The monoisotopic (exact) mass is 206 g/mol. The van der Waals surface area contributed by atoms with Crippen LogP contribution in [0.25, 0.3) is 0 Å². The van der Waals surface area contributed by atoms with Crippen LogP contribution in [0, 0.1) is 0 Å². The molecule has 1 atom stereocenters. The quantitative estimate of drug-likeness (QED) is 0.679. The van der Waals surface area contributed by atoms with Crippen molar-refractivity contribution in [3.8, 4) is 0 Å². The van der Waals surface area contributed by atoms with Crippen molar-refractivity contribution in [2.75, 3.05) is 0 Å². The average molecular weight is 206 g/mol. The highest BCUT2D eigenvalue weighted by molar-refractivity contribution is 5.09. The molecule has 0 aliphatic heterocycles. The van der Waals surface area contributed by atoms with Crippen LogP contribution in [0.2, 0.25) is 0 Å². The summed E-state index contributed by atoms with van der Waals surface area (Å²) in [6.07, 6.45) is 9.70. The zero-order valence-electron chi connectivity index (χ0n) is 9.87. The number of aromatic nitrogens is 1. The van der Waals surface area contributed by atoms with Gasteiger partial charge in [-0.15, -0.1) is 6.58 Å². The van der Waals surface area contributed by atoms with Gasteiger partial charge in [0.25, 0.3) is 0 Å². The summed E-state index contributed by atoms with van der Waals surface area (Å²) >= 11 is 0. The molecule has 0 radical (unpaired) electrons. The maximum absolute atomic E-state index is 3.76. The first-order valence-electron chi connectivity index (χ1n) is 5.71. The molecule has 84 valence electrons. The molecule has 0 bridgehead atoms. The van der Waals surface area contributed by atoms with Gasteiger partial charge in [-0.3, -0.25) is 0 Å². The van der Waals surface area contributed by atoms with E-state index in [1.54, 1.807) is 0 Å². The predicted molar refractivity (Wildman–Crippen MR) is 65.8 cm³/mol. The first-order chi connectivity index (χ1) is 7.26. The zero-order valence-corrected chi connectivity index (χ0v) is 9.87. The third-order valence-electron chi connectivity index (χ3n) is 2.70. The molecule has 0 saturated heterocycles. The van der Waals surface area contributed by atoms with Crippen molar-refractivity contribution in [2.24, 2.45) is 7.05 Å². The highest BCUT2D eigenvalue weighted by atomic mass is 14.9. The Bertz CT molecular complexity index is 288. The van der Waals surface area contributed by atoms with Crippen LogP contribution in [-0.4, -0.2) is 10.6 Å². The van der Waals surface area contributed by atoms with Crippen molar-refractivity contribution < 1.29 is 0 Å². The zero-order chi connectivity index (χ0) is 11.1. The van der Waals surface area contributed by atoms with Crippen molar-refractivity contribution in [3.63, 3.8) is 0 Å². The highest BCUT2D eigenvalue weighted by Crippen LogP contribution is 2.05. The van der Waals surface area contributed by atoms with Gasteiger partial charge < -0.3 is 9.88 Å². The van der Waals surface area contributed by atoms with Crippen molar-refractivity contribution in [1.29, 1.82) is 0 Å². The fraction of sp³-hybridized carbons (Fsp3) is 0.538. The summed E-state index contributed by atoms with van der Waals surface area (Å²) in [6, 6.07) is 2.77. The van der Waals surface area contributed by atoms with Crippen molar-refractivity contribution in [3.05, 3.63) is 36.7 Å². The Morgan fingerprint density at radius 2 is 2.40 bits per heavy atom. The molecule has 0 saturated carbocycles. The molecule has 0 aliphatic carbocycles. The molecule has 1 aromatic rings. The van der Waals surface area contributed by atoms with Crippen molar-refractivity contribution in [1.82, 2.24) is 9.88 Å². The van der Waals surface area contributed by atoms with E-state index in [4.69, 9.17) is 0 Å². The van der Waals surface area contributed by atoms with Gasteiger partial charge in [0, 0.05) is 32.0 Å². The molecule has 0 fully saturated rings. The van der Waals surface area contributed by atoms with E-state index >= 15 is 0 Å². The van der Waals surface area contributed by atoms with Crippen LogP contribution in [0.3, 0.4) is 0 Å². The first kappa shape index (κ1) is 12.1. The molecule has 1 rings (SSSR count). The van der Waals surface area contributed by atoms with Crippen LogP contribution in [0.5, 0.6) is 0 Å². The summed E-state index contributed by atoms with van der Waals surface area (Å²) < 4.78 is 2.09. The van der Waals surface area contributed by atoms with E-state index in [1.165, 1.54) is 18.4 Å². The average Bonchev–Trinajstić information content (AvgIpc) is 2.65. The fourth-order valence-corrected chi connectivity index (χ4v) is 1.70. The lowest BCUT2D eigenvalue weighted by Gasteiger charge is -2.15. The van der Waals surface area contributed by atoms with Gasteiger partial charge in [0.05, 0.1) is 0 Å². The Hall–Kier alpha value is -1.02. The normalized spacial score (nSPS) is 12.7. The lowest BCUT2D eigenvalue weighted by molar-refractivity contribution is 0.470. The van der Waals surface area contributed by atoms with Gasteiger partial charge in [0.1, 0.15) is 0 Å². The third-order valence-corrected chi connectivity index (χ3v) is 2.70. The minimum absolute atomic E-state index is 0.614. The van der Waals surface area contributed by atoms with E-state index in [2.05, 4.69) is 48.9 Å². The number of allylic oxidation sites excluding steroid dienone is 1. The van der Waals surface area contributed by atoms with E-state index in [0.717, 1.165) is 13.0 Å². The third kappa shape index (κ3) is 4.34. The Balaban J connectivity index is 2.30. The Morgan fingerprint density at radius 3 is 2.93 bits per heavy atom. The number of hydrogen-bond donors (Lipinski definition) is 1. The molecular weight excluding hydrogens is 184 g/mol. The van der Waals surface area contributed by atoms with E-state index < -0.39 is 0 Å². The van der Waals surface area contributed by atoms with E-state index in [1.807, 2.05) is 6.08 Å². The summed E-state index contributed by atoms with van der Waals surface area (Å²) in [5.74, 6) is 0. The Kier molecular flexibility index (Phi) is 5.19. The van der Waals surface area contributed by atoms with Crippen LogP contribution in [0.1, 0.15) is 31.7 Å². The van der Waals surface area contributed by atoms with Gasteiger partial charge in [-0.2, -0.15) is 0 Å². The predicted octanol–water partition coefficient (Wildman–Crippen LogP) is 2.86. The van der Waals surface area contributed by atoms with Crippen LogP contribution in [-0.2, 0) is 13.6 Å². The number of nitrogens with zero attached hydrogens (tertiary/aromatic N) is 1. The van der Waals surface area contributed by atoms with Crippen LogP contribution in [0.15, 0.2) is 31.1 Å². The van der Waals surface area contributed by atoms with Crippen LogP contribution in [0.4, 0.5) is 0 Å². The molecule has 15 heavy (non-hydrogen) atoms. The molecule has 1 N–H and O–H groups in total. The van der Waals surface area contributed by atoms with Gasteiger partial charge in [0.15, 0.2) is 0 Å². The van der Waals surface area contributed by atoms with Gasteiger partial charge >= 0.3 is 0 Å². The lowest BCUT2D eigenvalue weighted by atomic mass is 10.1. The highest BCUT2D eigenvalue weighted by Gasteiger charge is 2.04. The summed E-state index contributed by atoms with van der Waals surface area (Å²) in [7, 11) is 2.05. The summed E-state index contributed by atoms with van der Waals surface area (Å²) in [5, 5.41) is 3.57. The molecule has 0 spiro atoms. The summed E-state index contributed by atoms with van der Waals surface area (Å²) in [6.45, 7) is 6.95. The molecule has 1 aromatic heterocycles. The molecule has 2 nitrogen and oxygen atoms in total. The minimum atomic E-state index is 0.614. The van der Waals surface area contributed by atoms with Gasteiger partial charge in [-0.1, -0.05) is 13.0 Å². The minimum Gasteiger partial charge on any atom is -0.357 e. The van der Waals surface area contributed by atoms with Gasteiger partial charge in [-0.05, 0) is 30.9 Å². The molecule has 1 unspecified atom stereocenters. The largest absolute Gasteiger partial charge is 0.357 e. The maximum atomic E-state index is 3.76. The number of hydrogen-bond acceptors (Lipinski definition) is 1. The van der Waals surface area contributed by atoms with Crippen molar-refractivity contribution in [2.45, 2.75) is 38.8 Å². The van der Waals surface area contributed by atoms with Crippen molar-refractivity contribution >= 4 is 0 Å². The summed E-state index contributed by atoms with van der Waals surface area (Å²) in [5.41, 5.74) is 1.36. The number of nitrogens with one attached hydrogen (secondary N) is 1. The molecule has 0 aliphatic rings.